The molecule has 2 aromatic carbocycles. The van der Waals surface area contributed by atoms with Crippen LogP contribution in [0.5, 0.6) is 0 Å². The number of pyridine rings is 1. The van der Waals surface area contributed by atoms with E-state index in [9.17, 15) is 4.79 Å². The van der Waals surface area contributed by atoms with Gasteiger partial charge in [0.2, 0.25) is 0 Å². The maximum atomic E-state index is 14.0. The van der Waals surface area contributed by atoms with Gasteiger partial charge in [0, 0.05) is 11.8 Å². The average Bonchev–Trinajstić information content (AvgIpc) is 3.25. The highest BCUT2D eigenvalue weighted by atomic mass is 16.1. The molecule has 5 rings (SSSR count). The summed E-state index contributed by atoms with van der Waals surface area (Å²) in [7, 11) is 0. The fourth-order valence-corrected chi connectivity index (χ4v) is 4.53. The quantitative estimate of drug-likeness (QED) is 0.273. The standard InChI is InChI=1S/C29H27N7O/c1-5-14-31-27(18(2)3)36-22(15-21-13-9-10-19(4)23(21)29(36)37)16-35-28-24(26(30)32-17-33-28)25(34-35)20-11-7-6-8-12-20/h5-15,17H,2,16H2,1,3-4H3,(H2,30,32,33)/b14-5-,31-27?. The summed E-state index contributed by atoms with van der Waals surface area (Å²) in [5, 5.41) is 7.05. The highest BCUT2D eigenvalue weighted by Crippen LogP contribution is 2.30. The van der Waals surface area contributed by atoms with E-state index in [1.165, 1.54) is 6.33 Å². The molecule has 37 heavy (non-hydrogen) atoms. The normalized spacial score (nSPS) is 12.1. The molecule has 184 valence electrons. The van der Waals surface area contributed by atoms with Gasteiger partial charge in [-0.15, -0.1) is 0 Å². The summed E-state index contributed by atoms with van der Waals surface area (Å²) in [5.41, 5.74) is 10.5. The Balaban J connectivity index is 1.80. The molecule has 0 fully saturated rings. The molecule has 3 heterocycles. The van der Waals surface area contributed by atoms with Gasteiger partial charge in [0.1, 0.15) is 23.7 Å². The van der Waals surface area contributed by atoms with Gasteiger partial charge in [-0.2, -0.15) is 5.10 Å². The molecule has 0 amide bonds. The molecule has 0 bridgehead atoms. The number of hydrogen-bond acceptors (Lipinski definition) is 6. The van der Waals surface area contributed by atoms with Crippen LogP contribution in [0.4, 0.5) is 5.82 Å². The molecule has 0 unspecified atom stereocenters. The van der Waals surface area contributed by atoms with Crippen molar-refractivity contribution in [3.8, 4) is 11.3 Å². The van der Waals surface area contributed by atoms with Gasteiger partial charge in [-0.3, -0.25) is 9.36 Å². The molecule has 2 N–H and O–H groups in total. The lowest BCUT2D eigenvalue weighted by atomic mass is 10.1. The van der Waals surface area contributed by atoms with Gasteiger partial charge in [-0.05, 0) is 43.4 Å². The SMILES string of the molecule is C=C(C)C(=N/C=C\C)n1c(Cn2nc(-c3ccccc3)c3c(N)ncnc32)cc2cccc(C)c2c1=O. The van der Waals surface area contributed by atoms with Gasteiger partial charge >= 0.3 is 0 Å². The molecule has 0 saturated heterocycles. The Morgan fingerprint density at radius 3 is 2.62 bits per heavy atom. The van der Waals surface area contributed by atoms with Crippen molar-refractivity contribution < 1.29 is 0 Å². The summed E-state index contributed by atoms with van der Waals surface area (Å²) in [4.78, 5) is 27.2. The largest absolute Gasteiger partial charge is 0.383 e. The van der Waals surface area contributed by atoms with Crippen molar-refractivity contribution in [3.63, 3.8) is 0 Å². The van der Waals surface area contributed by atoms with Gasteiger partial charge in [-0.1, -0.05) is 61.2 Å². The van der Waals surface area contributed by atoms with E-state index in [4.69, 9.17) is 10.8 Å². The number of aryl methyl sites for hydroxylation is 1. The lowest BCUT2D eigenvalue weighted by Gasteiger charge is -2.17. The zero-order valence-corrected chi connectivity index (χ0v) is 21.0. The van der Waals surface area contributed by atoms with Crippen molar-refractivity contribution in [1.82, 2.24) is 24.3 Å². The maximum Gasteiger partial charge on any atom is 0.264 e. The number of nitrogens with zero attached hydrogens (tertiary/aromatic N) is 6. The van der Waals surface area contributed by atoms with Crippen LogP contribution in [-0.4, -0.2) is 30.2 Å². The van der Waals surface area contributed by atoms with Crippen LogP contribution < -0.4 is 11.3 Å². The third-order valence-electron chi connectivity index (χ3n) is 6.19. The number of benzene rings is 2. The minimum atomic E-state index is -0.161. The van der Waals surface area contributed by atoms with Gasteiger partial charge in [0.05, 0.1) is 23.0 Å². The Bertz CT molecular complexity index is 1780. The van der Waals surface area contributed by atoms with Crippen molar-refractivity contribution in [1.29, 1.82) is 0 Å². The molecule has 0 aliphatic carbocycles. The number of hydrogen-bond donors (Lipinski definition) is 1. The molecule has 3 aromatic heterocycles. The number of rotatable bonds is 5. The topological polar surface area (TPSA) is 104 Å². The van der Waals surface area contributed by atoms with E-state index in [2.05, 4.69) is 21.5 Å². The predicted octanol–water partition coefficient (Wildman–Crippen LogP) is 5.10. The second-order valence-corrected chi connectivity index (χ2v) is 8.86. The number of fused-ring (bicyclic) bond motifs is 2. The Morgan fingerprint density at radius 1 is 1.11 bits per heavy atom. The maximum absolute atomic E-state index is 14.0. The van der Waals surface area contributed by atoms with E-state index >= 15 is 0 Å². The molecule has 8 nitrogen and oxygen atoms in total. The minimum Gasteiger partial charge on any atom is -0.383 e. The lowest BCUT2D eigenvalue weighted by Crippen LogP contribution is -2.32. The van der Waals surface area contributed by atoms with Gasteiger partial charge in [0.15, 0.2) is 5.65 Å². The molecule has 0 radical (unpaired) electrons. The van der Waals surface area contributed by atoms with Crippen LogP contribution in [0.1, 0.15) is 25.1 Å². The molecule has 8 heteroatoms. The van der Waals surface area contributed by atoms with Crippen LogP contribution >= 0.6 is 0 Å². The Kier molecular flexibility index (Phi) is 6.23. The van der Waals surface area contributed by atoms with Gasteiger partial charge in [-0.25, -0.2) is 19.6 Å². The second-order valence-electron chi connectivity index (χ2n) is 8.86. The Hall–Kier alpha value is -4.85. The summed E-state index contributed by atoms with van der Waals surface area (Å²) in [5.74, 6) is 0.816. The Morgan fingerprint density at radius 2 is 1.89 bits per heavy atom. The second kappa shape index (κ2) is 9.66. The van der Waals surface area contributed by atoms with E-state index in [1.807, 2.05) is 81.4 Å². The molecule has 0 aliphatic rings. The fourth-order valence-electron chi connectivity index (χ4n) is 4.53. The molecule has 0 aliphatic heterocycles. The van der Waals surface area contributed by atoms with Crippen molar-refractivity contribution >= 4 is 33.5 Å². The van der Waals surface area contributed by atoms with Crippen molar-refractivity contribution in [3.05, 3.63) is 107 Å². The monoisotopic (exact) mass is 489 g/mol. The number of aliphatic imine (C=N–C) groups is 1. The van der Waals surface area contributed by atoms with Crippen LogP contribution in [0.2, 0.25) is 0 Å². The van der Waals surface area contributed by atoms with E-state index in [1.54, 1.807) is 15.4 Å². The highest BCUT2D eigenvalue weighted by molar-refractivity contribution is 6.02. The third kappa shape index (κ3) is 4.23. The summed E-state index contributed by atoms with van der Waals surface area (Å²) in [6, 6.07) is 17.6. The molecule has 0 saturated carbocycles. The smallest absolute Gasteiger partial charge is 0.264 e. The number of aromatic nitrogens is 5. The first-order chi connectivity index (χ1) is 17.9. The zero-order chi connectivity index (χ0) is 26.1. The molecular formula is C29H27N7O. The average molecular weight is 490 g/mol. The first-order valence-corrected chi connectivity index (χ1v) is 11.9. The van der Waals surface area contributed by atoms with Crippen molar-refractivity contribution in [2.75, 3.05) is 5.73 Å². The predicted molar refractivity (Wildman–Crippen MR) is 150 cm³/mol. The van der Waals surface area contributed by atoms with E-state index in [-0.39, 0.29) is 12.1 Å². The van der Waals surface area contributed by atoms with Crippen LogP contribution in [-0.2, 0) is 6.54 Å². The third-order valence-corrected chi connectivity index (χ3v) is 6.19. The van der Waals surface area contributed by atoms with E-state index < -0.39 is 0 Å². The van der Waals surface area contributed by atoms with Crippen LogP contribution in [0.15, 0.2) is 95.1 Å². The molecule has 5 aromatic rings. The first-order valence-electron chi connectivity index (χ1n) is 11.9. The summed E-state index contributed by atoms with van der Waals surface area (Å²) >= 11 is 0. The van der Waals surface area contributed by atoms with Gasteiger partial charge < -0.3 is 5.73 Å². The first kappa shape index (κ1) is 23.9. The molecule has 0 atom stereocenters. The number of allylic oxidation sites excluding steroid dienone is 2. The number of nitrogen functional groups attached to an aromatic ring is 1. The van der Waals surface area contributed by atoms with Crippen LogP contribution in [0.3, 0.4) is 0 Å². The van der Waals surface area contributed by atoms with Crippen molar-refractivity contribution in [2.24, 2.45) is 4.99 Å². The lowest BCUT2D eigenvalue weighted by molar-refractivity contribution is 0.678. The van der Waals surface area contributed by atoms with Gasteiger partial charge in [0.25, 0.3) is 5.56 Å². The minimum absolute atomic E-state index is 0.161. The zero-order valence-electron chi connectivity index (χ0n) is 21.0. The number of anilines is 1. The summed E-state index contributed by atoms with van der Waals surface area (Å²) in [6.07, 6.45) is 4.90. The van der Waals surface area contributed by atoms with E-state index in [0.29, 0.717) is 45.0 Å². The Labute approximate surface area is 214 Å². The molecule has 0 spiro atoms. The van der Waals surface area contributed by atoms with Crippen molar-refractivity contribution in [2.45, 2.75) is 27.3 Å². The summed E-state index contributed by atoms with van der Waals surface area (Å²) < 4.78 is 3.38. The fraction of sp³-hybridized carbons (Fsp3) is 0.138. The summed E-state index contributed by atoms with van der Waals surface area (Å²) in [6.45, 7) is 10.00. The van der Waals surface area contributed by atoms with Crippen LogP contribution in [0.25, 0.3) is 33.1 Å². The number of nitrogens with two attached hydrogens (primary N) is 1. The van der Waals surface area contributed by atoms with E-state index in [0.717, 1.165) is 16.5 Å². The molecular weight excluding hydrogens is 462 g/mol. The van der Waals surface area contributed by atoms with Crippen LogP contribution in [0, 0.1) is 6.92 Å². The highest BCUT2D eigenvalue weighted by Gasteiger charge is 2.21.